The van der Waals surface area contributed by atoms with Gasteiger partial charge < -0.3 is 10.2 Å². The molecular formula is C20H19F3N2O2. The molecule has 0 saturated carbocycles. The summed E-state index contributed by atoms with van der Waals surface area (Å²) in [6, 6.07) is 8.34. The normalized spacial score (nSPS) is 13.7. The first-order valence-corrected chi connectivity index (χ1v) is 8.77. The van der Waals surface area contributed by atoms with Crippen LogP contribution in [0.25, 0.3) is 0 Å². The van der Waals surface area contributed by atoms with Gasteiger partial charge in [0.15, 0.2) is 17.5 Å². The van der Waals surface area contributed by atoms with E-state index in [2.05, 4.69) is 5.32 Å². The van der Waals surface area contributed by atoms with Crippen molar-refractivity contribution >= 4 is 17.5 Å². The average molecular weight is 376 g/mol. The fourth-order valence-electron chi connectivity index (χ4n) is 3.03. The minimum Gasteiger partial charge on any atom is -0.343 e. The molecule has 1 aliphatic rings. The van der Waals surface area contributed by atoms with Gasteiger partial charge in [-0.2, -0.15) is 0 Å². The number of benzene rings is 2. The predicted octanol–water partition coefficient (Wildman–Crippen LogP) is 3.91. The lowest BCUT2D eigenvalue weighted by Crippen LogP contribution is -2.27. The van der Waals surface area contributed by atoms with Gasteiger partial charge >= 0.3 is 0 Å². The van der Waals surface area contributed by atoms with Crippen LogP contribution in [-0.4, -0.2) is 29.8 Å². The summed E-state index contributed by atoms with van der Waals surface area (Å²) >= 11 is 0. The first-order chi connectivity index (χ1) is 13.0. The van der Waals surface area contributed by atoms with Gasteiger partial charge in [0.1, 0.15) is 0 Å². The Morgan fingerprint density at radius 3 is 2.26 bits per heavy atom. The molecule has 1 heterocycles. The smallest absolute Gasteiger partial charge is 0.258 e. The quantitative estimate of drug-likeness (QED) is 0.805. The third-order valence-electron chi connectivity index (χ3n) is 4.58. The Bertz CT molecular complexity index is 847. The Hall–Kier alpha value is -2.83. The summed E-state index contributed by atoms with van der Waals surface area (Å²) in [5.74, 6) is -5.29. The summed E-state index contributed by atoms with van der Waals surface area (Å²) < 4.78 is 39.9. The number of nitrogens with zero attached hydrogens (tertiary/aromatic N) is 1. The van der Waals surface area contributed by atoms with Gasteiger partial charge in [-0.1, -0.05) is 12.1 Å². The van der Waals surface area contributed by atoms with Crippen molar-refractivity contribution < 1.29 is 22.8 Å². The van der Waals surface area contributed by atoms with Crippen LogP contribution in [-0.2, 0) is 11.2 Å². The predicted molar refractivity (Wildman–Crippen MR) is 94.8 cm³/mol. The fourth-order valence-corrected chi connectivity index (χ4v) is 3.03. The molecule has 7 heteroatoms. The van der Waals surface area contributed by atoms with Gasteiger partial charge in [-0.3, -0.25) is 9.59 Å². The lowest BCUT2D eigenvalue weighted by Gasteiger charge is -2.15. The van der Waals surface area contributed by atoms with E-state index in [1.807, 2.05) is 4.90 Å². The van der Waals surface area contributed by atoms with Gasteiger partial charge in [-0.25, -0.2) is 13.2 Å². The Morgan fingerprint density at radius 2 is 1.59 bits per heavy atom. The molecule has 27 heavy (non-hydrogen) atoms. The molecule has 0 atom stereocenters. The van der Waals surface area contributed by atoms with Gasteiger partial charge in [-0.15, -0.1) is 0 Å². The highest BCUT2D eigenvalue weighted by Gasteiger charge is 2.19. The first-order valence-electron chi connectivity index (χ1n) is 8.77. The van der Waals surface area contributed by atoms with E-state index in [4.69, 9.17) is 0 Å². The van der Waals surface area contributed by atoms with E-state index in [1.54, 1.807) is 24.3 Å². The van der Waals surface area contributed by atoms with Crippen LogP contribution in [0.5, 0.6) is 0 Å². The second kappa shape index (κ2) is 8.24. The number of hydrogen-bond acceptors (Lipinski definition) is 2. The summed E-state index contributed by atoms with van der Waals surface area (Å²) in [7, 11) is 0. The minimum absolute atomic E-state index is 0.138. The standard InChI is InChI=1S/C20H19F3N2O2/c21-16-9-8-15(18(22)19(16)23)20(27)24-14-6-3-13(4-7-14)5-10-17(26)25-11-1-2-12-25/h3-4,6-9H,1-2,5,10-12H2,(H,24,27). The lowest BCUT2D eigenvalue weighted by atomic mass is 10.1. The molecule has 2 amide bonds. The molecule has 2 aromatic rings. The number of rotatable bonds is 5. The van der Waals surface area contributed by atoms with Crippen LogP contribution in [0.3, 0.4) is 0 Å². The number of carbonyl (C=O) groups excluding carboxylic acids is 2. The molecule has 1 N–H and O–H groups in total. The molecule has 1 aliphatic heterocycles. The number of aryl methyl sites for hydroxylation is 1. The van der Waals surface area contributed by atoms with Crippen molar-refractivity contribution in [3.05, 3.63) is 65.0 Å². The second-order valence-electron chi connectivity index (χ2n) is 6.46. The van der Waals surface area contributed by atoms with E-state index >= 15 is 0 Å². The van der Waals surface area contributed by atoms with E-state index in [0.717, 1.165) is 37.6 Å². The Morgan fingerprint density at radius 1 is 0.926 bits per heavy atom. The van der Waals surface area contributed by atoms with E-state index in [9.17, 15) is 22.8 Å². The molecule has 4 nitrogen and oxygen atoms in total. The Labute approximate surface area is 155 Å². The summed E-state index contributed by atoms with van der Waals surface area (Å²) in [6.07, 6.45) is 3.12. The largest absolute Gasteiger partial charge is 0.343 e. The molecule has 0 aromatic heterocycles. The zero-order valence-corrected chi connectivity index (χ0v) is 14.6. The molecular weight excluding hydrogens is 357 g/mol. The van der Waals surface area contributed by atoms with Crippen LogP contribution in [0, 0.1) is 17.5 Å². The Kier molecular flexibility index (Phi) is 5.78. The summed E-state index contributed by atoms with van der Waals surface area (Å²) in [5, 5.41) is 2.44. The van der Waals surface area contributed by atoms with E-state index < -0.39 is 28.9 Å². The van der Waals surface area contributed by atoms with Crippen molar-refractivity contribution in [1.29, 1.82) is 0 Å². The van der Waals surface area contributed by atoms with E-state index in [-0.39, 0.29) is 5.91 Å². The van der Waals surface area contributed by atoms with Crippen molar-refractivity contribution in [3.8, 4) is 0 Å². The van der Waals surface area contributed by atoms with Crippen LogP contribution >= 0.6 is 0 Å². The molecule has 0 spiro atoms. The topological polar surface area (TPSA) is 49.4 Å². The summed E-state index contributed by atoms with van der Waals surface area (Å²) in [4.78, 5) is 26.0. The monoisotopic (exact) mass is 376 g/mol. The van der Waals surface area contributed by atoms with Crippen molar-refractivity contribution in [2.24, 2.45) is 0 Å². The van der Waals surface area contributed by atoms with Gasteiger partial charge in [0.25, 0.3) is 5.91 Å². The average Bonchev–Trinajstić information content (AvgIpc) is 3.20. The van der Waals surface area contributed by atoms with Gasteiger partial charge in [0, 0.05) is 25.2 Å². The molecule has 0 aliphatic carbocycles. The number of likely N-dealkylation sites (tertiary alicyclic amines) is 1. The third kappa shape index (κ3) is 4.48. The minimum atomic E-state index is -1.68. The van der Waals surface area contributed by atoms with E-state index in [0.29, 0.717) is 24.6 Å². The highest BCUT2D eigenvalue weighted by atomic mass is 19.2. The van der Waals surface area contributed by atoms with Gasteiger partial charge in [-0.05, 0) is 49.1 Å². The van der Waals surface area contributed by atoms with Crippen molar-refractivity contribution in [2.75, 3.05) is 18.4 Å². The third-order valence-corrected chi connectivity index (χ3v) is 4.58. The van der Waals surface area contributed by atoms with Crippen molar-refractivity contribution in [2.45, 2.75) is 25.7 Å². The summed E-state index contributed by atoms with van der Waals surface area (Å²) in [6.45, 7) is 1.65. The number of anilines is 1. The maximum atomic E-state index is 13.7. The lowest BCUT2D eigenvalue weighted by molar-refractivity contribution is -0.130. The fraction of sp³-hybridized carbons (Fsp3) is 0.300. The number of nitrogens with one attached hydrogen (secondary N) is 1. The number of hydrogen-bond donors (Lipinski definition) is 1. The molecule has 142 valence electrons. The van der Waals surface area contributed by atoms with Gasteiger partial charge in [0.2, 0.25) is 5.91 Å². The maximum Gasteiger partial charge on any atom is 0.258 e. The molecule has 0 unspecified atom stereocenters. The molecule has 1 fully saturated rings. The van der Waals surface area contributed by atoms with Gasteiger partial charge in [0.05, 0.1) is 5.56 Å². The van der Waals surface area contributed by atoms with Crippen molar-refractivity contribution in [3.63, 3.8) is 0 Å². The number of amides is 2. The molecule has 3 rings (SSSR count). The van der Waals surface area contributed by atoms with Crippen LogP contribution in [0.2, 0.25) is 0 Å². The highest BCUT2D eigenvalue weighted by Crippen LogP contribution is 2.18. The summed E-state index contributed by atoms with van der Waals surface area (Å²) in [5.41, 5.74) is 0.743. The molecule has 1 saturated heterocycles. The number of halogens is 3. The molecule has 2 aromatic carbocycles. The second-order valence-corrected chi connectivity index (χ2v) is 6.46. The van der Waals surface area contributed by atoms with Crippen LogP contribution in [0.15, 0.2) is 36.4 Å². The van der Waals surface area contributed by atoms with Crippen LogP contribution < -0.4 is 5.32 Å². The Balaban J connectivity index is 1.58. The molecule has 0 bridgehead atoms. The zero-order chi connectivity index (χ0) is 19.4. The SMILES string of the molecule is O=C(Nc1ccc(CCC(=O)N2CCCC2)cc1)c1ccc(F)c(F)c1F. The van der Waals surface area contributed by atoms with Crippen LogP contribution in [0.1, 0.15) is 35.2 Å². The zero-order valence-electron chi connectivity index (χ0n) is 14.6. The first kappa shape index (κ1) is 18.9. The van der Waals surface area contributed by atoms with E-state index in [1.165, 1.54) is 0 Å². The van der Waals surface area contributed by atoms with Crippen LogP contribution in [0.4, 0.5) is 18.9 Å². The number of carbonyl (C=O) groups is 2. The highest BCUT2D eigenvalue weighted by molar-refractivity contribution is 6.04. The molecule has 0 radical (unpaired) electrons. The maximum absolute atomic E-state index is 13.7. The van der Waals surface area contributed by atoms with Crippen molar-refractivity contribution in [1.82, 2.24) is 4.90 Å².